The van der Waals surface area contributed by atoms with Gasteiger partial charge in [0.25, 0.3) is 18.2 Å². The van der Waals surface area contributed by atoms with Crippen molar-refractivity contribution in [3.63, 3.8) is 0 Å². The zero-order chi connectivity index (χ0) is 65.2. The van der Waals surface area contributed by atoms with Gasteiger partial charge in [-0.05, 0) is 86.8 Å². The van der Waals surface area contributed by atoms with Crippen LogP contribution in [0.25, 0.3) is 21.1 Å². The molecule has 3 aromatic carbocycles. The van der Waals surface area contributed by atoms with Crippen LogP contribution in [0.15, 0.2) is 66.7 Å². The van der Waals surface area contributed by atoms with Crippen LogP contribution in [-0.2, 0) is 49.3 Å². The van der Waals surface area contributed by atoms with Crippen LogP contribution in [0.3, 0.4) is 0 Å². The second-order valence-corrected chi connectivity index (χ2v) is 23.7. The molecule has 15 N–H and O–H groups in total. The Morgan fingerprint density at radius 2 is 1.40 bits per heavy atom. The molecule has 0 radical (unpaired) electrons. The van der Waals surface area contributed by atoms with Gasteiger partial charge >= 0.3 is 0 Å². The van der Waals surface area contributed by atoms with Gasteiger partial charge in [0, 0.05) is 75.2 Å². The quantitative estimate of drug-likeness (QED) is 0.0177. The van der Waals surface area contributed by atoms with Crippen LogP contribution < -0.4 is 41.2 Å². The Morgan fingerprint density at radius 1 is 0.767 bits per heavy atom. The predicted octanol–water partition coefficient (Wildman–Crippen LogP) is -0.786. The van der Waals surface area contributed by atoms with E-state index in [0.29, 0.717) is 22.2 Å². The Kier molecular flexibility index (Phi) is 26.4. The number of nitrogens with one attached hydrogen (secondary N) is 5. The summed E-state index contributed by atoms with van der Waals surface area (Å²) < 4.78 is 20.4. The van der Waals surface area contributed by atoms with Crippen LogP contribution in [0.4, 0.5) is 0 Å². The average Bonchev–Trinajstić information content (AvgIpc) is 1.79. The smallest absolute Gasteiger partial charge is 0.261 e. The van der Waals surface area contributed by atoms with Crippen LogP contribution in [0.1, 0.15) is 81.1 Å². The van der Waals surface area contributed by atoms with Gasteiger partial charge in [0.2, 0.25) is 35.4 Å². The van der Waals surface area contributed by atoms with Crippen molar-refractivity contribution in [3.05, 3.63) is 77.9 Å². The normalized spacial score (nSPS) is 25.0. The monoisotopic (exact) mass is 1300 g/mol. The molecule has 0 saturated carbocycles. The fraction of sp³-hybridized carbons (Fsp3) is 0.534. The number of aliphatic hydroxyl groups excluding tert-OH is 6. The van der Waals surface area contributed by atoms with Crippen molar-refractivity contribution in [1.82, 2.24) is 46.6 Å². The van der Waals surface area contributed by atoms with Gasteiger partial charge in [-0.25, -0.2) is 5.26 Å². The van der Waals surface area contributed by atoms with Crippen molar-refractivity contribution >= 4 is 65.0 Å². The van der Waals surface area contributed by atoms with E-state index in [2.05, 4.69) is 46.2 Å². The van der Waals surface area contributed by atoms with Crippen LogP contribution in [-0.4, -0.2) is 222 Å². The molecular formula is C58H78N10O20S2. The number of carbonyl (C=O) groups is 7. The Hall–Kier alpha value is -7.18. The SMILES string of the molecule is COCCCCCCCOc1ccc(-c2nnc(-c3ccc(C(=O)N[C@H]4C[C@@H](O)CNC(=O)[C@@H]5[C@@H](O)[C@H](C)CN5C(=O)[C@H]([C@H](O)CCN)NC(=O)[C@H]([C@H](O)Cc5ccc(O)c(OSOOO)c5)NC(=O)[C@@H]5C[C@H](O)CN5C(=O)[C@H]([C@@H](C)O)NC4=O)cc3)s2)cc1. The van der Waals surface area contributed by atoms with Crippen LogP contribution >= 0.6 is 23.7 Å². The van der Waals surface area contributed by atoms with E-state index in [-0.39, 0.29) is 48.7 Å². The first-order chi connectivity index (χ1) is 43.1. The van der Waals surface area contributed by atoms with Gasteiger partial charge in [-0.2, -0.15) is 0 Å². The lowest BCUT2D eigenvalue weighted by atomic mass is 9.98. The molecular weight excluding hydrogens is 1220 g/mol. The Bertz CT molecular complexity index is 3060. The molecule has 3 fully saturated rings. The number of amides is 7. The lowest BCUT2D eigenvalue weighted by Gasteiger charge is -2.34. The van der Waals surface area contributed by atoms with E-state index in [9.17, 15) is 69.3 Å². The van der Waals surface area contributed by atoms with Crippen molar-refractivity contribution in [2.24, 2.45) is 11.7 Å². The molecule has 32 heteroatoms. The fourth-order valence-corrected chi connectivity index (χ4v) is 11.8. The number of phenols is 1. The van der Waals surface area contributed by atoms with Crippen molar-refractivity contribution in [2.75, 3.05) is 46.5 Å². The van der Waals surface area contributed by atoms with E-state index in [1.165, 1.54) is 42.5 Å². The third-order valence-electron chi connectivity index (χ3n) is 15.5. The third-order valence-corrected chi connectivity index (χ3v) is 16.9. The van der Waals surface area contributed by atoms with E-state index >= 15 is 0 Å². The molecule has 30 nitrogen and oxygen atoms in total. The maximum atomic E-state index is 14.7. The molecule has 492 valence electrons. The topological polar surface area (TPSA) is 446 Å². The number of rotatable bonds is 24. The zero-order valence-electron chi connectivity index (χ0n) is 49.6. The summed E-state index contributed by atoms with van der Waals surface area (Å²) >= 11 is 1.38. The van der Waals surface area contributed by atoms with Gasteiger partial charge in [0.1, 0.15) is 52.0 Å². The molecule has 0 unspecified atom stereocenters. The maximum Gasteiger partial charge on any atom is 0.261 e. The molecule has 3 saturated heterocycles. The van der Waals surface area contributed by atoms with Crippen molar-refractivity contribution < 1.29 is 97.6 Å². The van der Waals surface area contributed by atoms with Gasteiger partial charge in [-0.3, -0.25) is 33.6 Å². The third kappa shape index (κ3) is 18.7. The van der Waals surface area contributed by atoms with Gasteiger partial charge in [0.15, 0.2) is 11.5 Å². The number of aliphatic hydroxyl groups is 6. The first-order valence-corrected chi connectivity index (χ1v) is 30.8. The molecule has 90 heavy (non-hydrogen) atoms. The number of phenolic OH excluding ortho intramolecular Hbond substituents is 1. The Labute approximate surface area is 526 Å². The van der Waals surface area contributed by atoms with E-state index in [1.54, 1.807) is 19.2 Å². The minimum absolute atomic E-state index is 0.0207. The summed E-state index contributed by atoms with van der Waals surface area (Å²) in [6, 6.07) is 6.02. The number of unbranched alkanes of at least 4 members (excludes halogenated alkanes) is 4. The van der Waals surface area contributed by atoms with Gasteiger partial charge in [-0.1, -0.05) is 65.1 Å². The summed E-state index contributed by atoms with van der Waals surface area (Å²) in [6.45, 7) is 2.20. The first-order valence-electron chi connectivity index (χ1n) is 29.3. The number of carbonyl (C=O) groups excluding carboxylic acids is 7. The molecule has 4 aromatic rings. The number of fused-ring (bicyclic) bond motifs is 2. The molecule has 0 aliphatic carbocycles. The molecule has 7 amide bonds. The first kappa shape index (κ1) is 70.3. The second-order valence-electron chi connectivity index (χ2n) is 22.3. The summed E-state index contributed by atoms with van der Waals surface area (Å²) in [7, 11) is 1.70. The van der Waals surface area contributed by atoms with Crippen LogP contribution in [0.5, 0.6) is 17.2 Å². The molecule has 13 atom stereocenters. The van der Waals surface area contributed by atoms with Gasteiger partial charge in [-0.15, -0.1) is 10.2 Å². The average molecular weight is 1300 g/mol. The summed E-state index contributed by atoms with van der Waals surface area (Å²) in [5, 5.41) is 113. The van der Waals surface area contributed by atoms with E-state index in [4.69, 9.17) is 24.6 Å². The number of benzene rings is 3. The van der Waals surface area contributed by atoms with Crippen molar-refractivity contribution in [2.45, 2.75) is 145 Å². The summed E-state index contributed by atoms with van der Waals surface area (Å²) in [6.07, 6.45) is -7.00. The molecule has 3 aliphatic rings. The van der Waals surface area contributed by atoms with Gasteiger partial charge < -0.3 is 91.5 Å². The maximum absolute atomic E-state index is 14.7. The molecule has 4 heterocycles. The number of ether oxygens (including phenoxy) is 2. The summed E-state index contributed by atoms with van der Waals surface area (Å²) in [5.41, 5.74) is 7.33. The molecule has 0 bridgehead atoms. The standard InChI is InChI=1S/C58H78N10O20S2/c1-30-28-68-48(49(30)75)54(80)60-27-36(70)25-39(61-50(76)33-10-12-34(13-11-33)55-65-66-56(89-55)35-14-16-38(17-15-35)85-22-8-6-4-5-7-21-84-3)51(77)62-45(31(2)69)57(81)67-29-37(71)26-40(67)52(78)63-46(53(79)64-47(58(68)82)42(73)19-20-59)43(74)23-32-9-18-41(72)44(24-32)86-90-88-87-83/h9-18,24,30-31,36-37,39-40,42-43,45-49,69-75,83H,4-8,19-23,25-29,59H2,1-3H3,(H,60,80)(H,61,76)(H,62,77)(H,63,78)(H,64,79)/t30-,31-,36-,37+,39+,40+,42-,43-,45+,46+,47+,48+,49+/m1/s1. The van der Waals surface area contributed by atoms with Crippen molar-refractivity contribution in [3.8, 4) is 38.4 Å². The number of hydrogen-bond donors (Lipinski definition) is 14. The highest BCUT2D eigenvalue weighted by atomic mass is 32.2. The van der Waals surface area contributed by atoms with Gasteiger partial charge in [0.05, 0.1) is 43.2 Å². The molecule has 3 aliphatic heterocycles. The van der Waals surface area contributed by atoms with Crippen LogP contribution in [0, 0.1) is 5.92 Å². The highest BCUT2D eigenvalue weighted by Crippen LogP contribution is 2.33. The van der Waals surface area contributed by atoms with Crippen molar-refractivity contribution in [1.29, 1.82) is 0 Å². The lowest BCUT2D eigenvalue weighted by molar-refractivity contribution is -0.433. The number of methoxy groups -OCH3 is 1. The zero-order valence-corrected chi connectivity index (χ0v) is 51.3. The van der Waals surface area contributed by atoms with E-state index in [0.717, 1.165) is 72.8 Å². The predicted molar refractivity (Wildman–Crippen MR) is 321 cm³/mol. The fourth-order valence-electron chi connectivity index (χ4n) is 10.7. The number of nitrogens with two attached hydrogens (primary N) is 1. The van der Waals surface area contributed by atoms with E-state index in [1.807, 2.05) is 24.3 Å². The highest BCUT2D eigenvalue weighted by Gasteiger charge is 2.50. The summed E-state index contributed by atoms with van der Waals surface area (Å²) in [4.78, 5) is 103. The molecule has 7 rings (SSSR count). The van der Waals surface area contributed by atoms with E-state index < -0.39 is 158 Å². The van der Waals surface area contributed by atoms with Crippen LogP contribution in [0.2, 0.25) is 0 Å². The molecule has 1 aromatic heterocycles. The lowest BCUT2D eigenvalue weighted by Crippen LogP contribution is -2.64. The minimum Gasteiger partial charge on any atom is -0.504 e. The number of β-amino-alcohol motifs (C(OH)–C–C–N with tert-alkyl or cyclic N) is 1. The summed E-state index contributed by atoms with van der Waals surface area (Å²) in [5.74, 6) is -8.61. The molecule has 0 spiro atoms. The Morgan fingerprint density at radius 3 is 2.06 bits per heavy atom. The number of nitrogens with zero attached hydrogens (tertiary/aromatic N) is 4. The largest absolute Gasteiger partial charge is 0.504 e. The minimum atomic E-state index is -2.11. The number of aromatic nitrogens is 2. The Balaban J connectivity index is 1.14. The number of aromatic hydroxyl groups is 1. The highest BCUT2D eigenvalue weighted by molar-refractivity contribution is 7.90. The number of hydrogen-bond acceptors (Lipinski definition) is 25. The second kappa shape index (κ2) is 33.8.